The van der Waals surface area contributed by atoms with E-state index in [2.05, 4.69) is 44.6 Å². The standard InChI is InChI=1S/C22H21N5O2/c1-15-24-21(26-17-7-8-19-20(13-17)29-12-11-28-19)18-14-23-27(22(18)25-15)10-9-16-5-3-2-4-6-16/h2-8,13-14H,9-12H2,1H3,(H,24,25,26). The maximum atomic E-state index is 5.68. The summed E-state index contributed by atoms with van der Waals surface area (Å²) in [7, 11) is 0. The molecule has 0 fully saturated rings. The second kappa shape index (κ2) is 7.43. The van der Waals surface area contributed by atoms with Crippen LogP contribution in [0.1, 0.15) is 11.4 Å². The Morgan fingerprint density at radius 1 is 1.00 bits per heavy atom. The Hall–Kier alpha value is -3.61. The first kappa shape index (κ1) is 17.5. The molecule has 0 saturated heterocycles. The third-order valence-electron chi connectivity index (χ3n) is 4.87. The first-order chi connectivity index (χ1) is 14.3. The zero-order valence-corrected chi connectivity index (χ0v) is 16.1. The van der Waals surface area contributed by atoms with Crippen molar-refractivity contribution in [3.63, 3.8) is 0 Å². The van der Waals surface area contributed by atoms with E-state index in [1.165, 1.54) is 5.56 Å². The van der Waals surface area contributed by atoms with Crippen molar-refractivity contribution >= 4 is 22.5 Å². The van der Waals surface area contributed by atoms with Crippen molar-refractivity contribution in [1.82, 2.24) is 19.7 Å². The smallest absolute Gasteiger partial charge is 0.163 e. The van der Waals surface area contributed by atoms with Gasteiger partial charge in [-0.05, 0) is 31.0 Å². The number of nitrogens with one attached hydrogen (secondary N) is 1. The number of anilines is 2. The fourth-order valence-corrected chi connectivity index (χ4v) is 3.46. The number of hydrogen-bond acceptors (Lipinski definition) is 6. The summed E-state index contributed by atoms with van der Waals surface area (Å²) in [6, 6.07) is 16.2. The number of fused-ring (bicyclic) bond motifs is 2. The van der Waals surface area contributed by atoms with Crippen molar-refractivity contribution in [3.8, 4) is 11.5 Å². The first-order valence-corrected chi connectivity index (χ1v) is 9.67. The second-order valence-electron chi connectivity index (χ2n) is 6.94. The Bertz CT molecular complexity index is 1160. The molecule has 0 saturated carbocycles. The molecule has 5 rings (SSSR count). The highest BCUT2D eigenvalue weighted by atomic mass is 16.6. The van der Waals surface area contributed by atoms with Crippen molar-refractivity contribution in [1.29, 1.82) is 0 Å². The van der Waals surface area contributed by atoms with Crippen molar-refractivity contribution in [3.05, 3.63) is 66.1 Å². The Balaban J connectivity index is 1.43. The van der Waals surface area contributed by atoms with E-state index in [9.17, 15) is 0 Å². The third kappa shape index (κ3) is 3.59. The summed E-state index contributed by atoms with van der Waals surface area (Å²) in [5, 5.41) is 8.83. The normalized spacial score (nSPS) is 12.9. The largest absolute Gasteiger partial charge is 0.486 e. The molecule has 1 aliphatic heterocycles. The average Bonchev–Trinajstić information content (AvgIpc) is 3.16. The number of aryl methyl sites for hydroxylation is 3. The van der Waals surface area contributed by atoms with Gasteiger partial charge in [-0.15, -0.1) is 0 Å². The first-order valence-electron chi connectivity index (χ1n) is 9.67. The van der Waals surface area contributed by atoms with Crippen LogP contribution in [-0.4, -0.2) is 33.0 Å². The zero-order valence-electron chi connectivity index (χ0n) is 16.1. The molecular formula is C22H21N5O2. The van der Waals surface area contributed by atoms with Gasteiger partial charge < -0.3 is 14.8 Å². The molecule has 29 heavy (non-hydrogen) atoms. The molecule has 1 N–H and O–H groups in total. The van der Waals surface area contributed by atoms with E-state index < -0.39 is 0 Å². The molecule has 1 aliphatic rings. The highest BCUT2D eigenvalue weighted by molar-refractivity contribution is 5.88. The molecule has 7 heteroatoms. The van der Waals surface area contributed by atoms with E-state index in [-0.39, 0.29) is 0 Å². The second-order valence-corrected chi connectivity index (χ2v) is 6.94. The van der Waals surface area contributed by atoms with Crippen molar-refractivity contribution in [2.45, 2.75) is 19.9 Å². The van der Waals surface area contributed by atoms with E-state index >= 15 is 0 Å². The lowest BCUT2D eigenvalue weighted by Gasteiger charge is -2.19. The Kier molecular flexibility index (Phi) is 4.48. The van der Waals surface area contributed by atoms with Gasteiger partial charge in [0.15, 0.2) is 17.1 Å². The van der Waals surface area contributed by atoms with Gasteiger partial charge >= 0.3 is 0 Å². The molecule has 0 unspecified atom stereocenters. The van der Waals surface area contributed by atoms with Crippen molar-refractivity contribution in [2.75, 3.05) is 18.5 Å². The summed E-state index contributed by atoms with van der Waals surface area (Å²) in [4.78, 5) is 9.22. The minimum atomic E-state index is 0.557. The Morgan fingerprint density at radius 3 is 2.69 bits per heavy atom. The summed E-state index contributed by atoms with van der Waals surface area (Å²) >= 11 is 0. The SMILES string of the molecule is Cc1nc(Nc2ccc3c(c2)OCCO3)c2cnn(CCc3ccccc3)c2n1. The molecular weight excluding hydrogens is 366 g/mol. The fraction of sp³-hybridized carbons (Fsp3) is 0.227. The Labute approximate surface area is 168 Å². The van der Waals surface area contributed by atoms with E-state index in [1.54, 1.807) is 0 Å². The molecule has 0 aliphatic carbocycles. The van der Waals surface area contributed by atoms with Crippen LogP contribution < -0.4 is 14.8 Å². The van der Waals surface area contributed by atoms with Gasteiger partial charge in [-0.1, -0.05) is 30.3 Å². The van der Waals surface area contributed by atoms with Gasteiger partial charge in [-0.3, -0.25) is 0 Å². The number of aromatic nitrogens is 4. The van der Waals surface area contributed by atoms with E-state index in [0.29, 0.717) is 19.0 Å². The maximum Gasteiger partial charge on any atom is 0.163 e. The van der Waals surface area contributed by atoms with Gasteiger partial charge in [-0.2, -0.15) is 5.10 Å². The zero-order chi connectivity index (χ0) is 19.6. The van der Waals surface area contributed by atoms with Crippen LogP contribution in [-0.2, 0) is 13.0 Å². The van der Waals surface area contributed by atoms with Crippen molar-refractivity contribution in [2.24, 2.45) is 0 Å². The number of benzene rings is 2. The summed E-state index contributed by atoms with van der Waals surface area (Å²) in [6.07, 6.45) is 2.71. The van der Waals surface area contributed by atoms with Gasteiger partial charge in [0.1, 0.15) is 24.9 Å². The van der Waals surface area contributed by atoms with E-state index in [0.717, 1.165) is 47.0 Å². The molecule has 0 amide bonds. The topological polar surface area (TPSA) is 74.1 Å². The average molecular weight is 387 g/mol. The summed E-state index contributed by atoms with van der Waals surface area (Å²) in [5.41, 5.74) is 2.98. The van der Waals surface area contributed by atoms with Gasteiger partial charge in [0.2, 0.25) is 0 Å². The minimum absolute atomic E-state index is 0.557. The molecule has 2 aromatic carbocycles. The molecule has 0 radical (unpaired) electrons. The maximum absolute atomic E-state index is 5.68. The molecule has 0 atom stereocenters. The lowest BCUT2D eigenvalue weighted by atomic mass is 10.1. The van der Waals surface area contributed by atoms with Gasteiger partial charge in [0.25, 0.3) is 0 Å². The van der Waals surface area contributed by atoms with Gasteiger partial charge in [0, 0.05) is 18.3 Å². The number of rotatable bonds is 5. The van der Waals surface area contributed by atoms with E-state index in [1.807, 2.05) is 42.1 Å². The molecule has 4 aromatic rings. The van der Waals surface area contributed by atoms with Crippen LogP contribution in [0.25, 0.3) is 11.0 Å². The summed E-state index contributed by atoms with van der Waals surface area (Å²) < 4.78 is 13.2. The van der Waals surface area contributed by atoms with Crippen LogP contribution in [0.2, 0.25) is 0 Å². The third-order valence-corrected chi connectivity index (χ3v) is 4.87. The predicted molar refractivity (Wildman–Crippen MR) is 111 cm³/mol. The molecule has 3 heterocycles. The summed E-state index contributed by atoms with van der Waals surface area (Å²) in [6.45, 7) is 3.78. The molecule has 146 valence electrons. The highest BCUT2D eigenvalue weighted by Gasteiger charge is 2.15. The Morgan fingerprint density at radius 2 is 1.83 bits per heavy atom. The van der Waals surface area contributed by atoms with Crippen LogP contribution in [0.5, 0.6) is 11.5 Å². The van der Waals surface area contributed by atoms with Gasteiger partial charge in [0.05, 0.1) is 11.6 Å². The summed E-state index contributed by atoms with van der Waals surface area (Å²) in [5.74, 6) is 2.93. The van der Waals surface area contributed by atoms with E-state index in [4.69, 9.17) is 9.47 Å². The number of hydrogen-bond donors (Lipinski definition) is 1. The number of ether oxygens (including phenoxy) is 2. The van der Waals surface area contributed by atoms with Crippen LogP contribution in [0, 0.1) is 6.92 Å². The lowest BCUT2D eigenvalue weighted by Crippen LogP contribution is -2.15. The van der Waals surface area contributed by atoms with Crippen LogP contribution in [0.4, 0.5) is 11.5 Å². The monoisotopic (exact) mass is 387 g/mol. The fourth-order valence-electron chi connectivity index (χ4n) is 3.46. The quantitative estimate of drug-likeness (QED) is 0.560. The molecule has 7 nitrogen and oxygen atoms in total. The molecule has 0 spiro atoms. The predicted octanol–water partition coefficient (Wildman–Crippen LogP) is 3.89. The van der Waals surface area contributed by atoms with Crippen molar-refractivity contribution < 1.29 is 9.47 Å². The molecule has 0 bridgehead atoms. The highest BCUT2D eigenvalue weighted by Crippen LogP contribution is 2.34. The van der Waals surface area contributed by atoms with Gasteiger partial charge in [-0.25, -0.2) is 14.6 Å². The van der Waals surface area contributed by atoms with Crippen LogP contribution in [0.3, 0.4) is 0 Å². The lowest BCUT2D eigenvalue weighted by molar-refractivity contribution is 0.171. The molecule has 2 aromatic heterocycles. The van der Waals surface area contributed by atoms with Crippen LogP contribution in [0.15, 0.2) is 54.7 Å². The van der Waals surface area contributed by atoms with Crippen LogP contribution >= 0.6 is 0 Å². The number of nitrogens with zero attached hydrogens (tertiary/aromatic N) is 4. The minimum Gasteiger partial charge on any atom is -0.486 e.